The van der Waals surface area contributed by atoms with E-state index in [-0.39, 0.29) is 12.4 Å². The van der Waals surface area contributed by atoms with Gasteiger partial charge >= 0.3 is 5.97 Å². The summed E-state index contributed by atoms with van der Waals surface area (Å²) in [5.41, 5.74) is 0.749. The molecule has 2 rings (SSSR count). The van der Waals surface area contributed by atoms with Gasteiger partial charge in [-0.3, -0.25) is 9.59 Å². The van der Waals surface area contributed by atoms with Crippen LogP contribution in [-0.4, -0.2) is 18.5 Å². The number of nitrogens with zero attached hydrogens (tertiary/aromatic N) is 1. The number of carbonyl (C=O) groups is 3. The summed E-state index contributed by atoms with van der Waals surface area (Å²) in [6, 6.07) is 11.7. The highest BCUT2D eigenvalue weighted by molar-refractivity contribution is 6.10. The Kier molecular flexibility index (Phi) is 7.55. The molecule has 0 atom stereocenters. The molecule has 0 spiro atoms. The van der Waals surface area contributed by atoms with Gasteiger partial charge in [-0.05, 0) is 63.2 Å². The first-order valence-corrected chi connectivity index (χ1v) is 8.02. The molecule has 0 N–H and O–H groups in total. The van der Waals surface area contributed by atoms with Crippen molar-refractivity contribution in [3.05, 3.63) is 70.5 Å². The predicted octanol–water partition coefficient (Wildman–Crippen LogP) is 3.83. The zero-order chi connectivity index (χ0) is 20.6. The minimum absolute atomic E-state index is 0.117. The Morgan fingerprint density at radius 1 is 1.11 bits per heavy atom. The Labute approximate surface area is 157 Å². The molecule has 0 aliphatic carbocycles. The number of benzene rings is 2. The van der Waals surface area contributed by atoms with E-state index in [4.69, 9.17) is 14.8 Å². The van der Waals surface area contributed by atoms with Gasteiger partial charge in [0.25, 0.3) is 0 Å². The van der Waals surface area contributed by atoms with Crippen LogP contribution < -0.4 is 0 Å². The van der Waals surface area contributed by atoms with Crippen LogP contribution >= 0.6 is 0 Å². The fourth-order valence-corrected chi connectivity index (χ4v) is 2.12. The second-order valence-electron chi connectivity index (χ2n) is 6.65. The Bertz CT molecular complexity index is 861. The monoisotopic (exact) mass is 369 g/mol. The first kappa shape index (κ1) is 21.7. The number of ketones is 1. The maximum Gasteiger partial charge on any atom is 0.311 e. The van der Waals surface area contributed by atoms with Gasteiger partial charge in [-0.2, -0.15) is 5.26 Å². The highest BCUT2D eigenvalue weighted by atomic mass is 19.1. The Hall–Kier alpha value is -3.33. The summed E-state index contributed by atoms with van der Waals surface area (Å²) in [5, 5.41) is 9.06. The number of halogens is 1. The fourth-order valence-electron chi connectivity index (χ4n) is 2.12. The van der Waals surface area contributed by atoms with Crippen molar-refractivity contribution in [3.8, 4) is 6.07 Å². The quantitative estimate of drug-likeness (QED) is 0.604. The molecule has 0 saturated carbocycles. The summed E-state index contributed by atoms with van der Waals surface area (Å²) in [6.45, 7) is 7.07. The van der Waals surface area contributed by atoms with Gasteiger partial charge in [-0.1, -0.05) is 0 Å². The molecular weight excluding hydrogens is 349 g/mol. The molecule has 0 bridgehead atoms. The zero-order valence-electron chi connectivity index (χ0n) is 15.4. The zero-order valence-corrected chi connectivity index (χ0v) is 15.4. The molecule has 0 heterocycles. The van der Waals surface area contributed by atoms with Gasteiger partial charge < -0.3 is 9.53 Å². The summed E-state index contributed by atoms with van der Waals surface area (Å²) < 4.78 is 18.3. The van der Waals surface area contributed by atoms with Gasteiger partial charge in [0.2, 0.25) is 0 Å². The lowest BCUT2D eigenvalue weighted by molar-refractivity contribution is -0.154. The highest BCUT2D eigenvalue weighted by Crippen LogP contribution is 2.21. The molecule has 5 nitrogen and oxygen atoms in total. The molecule has 0 aromatic heterocycles. The molecule has 0 amide bonds. The van der Waals surface area contributed by atoms with E-state index < -0.39 is 17.2 Å². The van der Waals surface area contributed by atoms with Crippen LogP contribution in [0.1, 0.15) is 47.8 Å². The first-order chi connectivity index (χ1) is 12.7. The summed E-state index contributed by atoms with van der Waals surface area (Å²) >= 11 is 0. The van der Waals surface area contributed by atoms with Crippen LogP contribution in [0.5, 0.6) is 0 Å². The highest BCUT2D eigenvalue weighted by Gasteiger charge is 2.24. The maximum absolute atomic E-state index is 13.0. The molecule has 0 saturated heterocycles. The van der Waals surface area contributed by atoms with Crippen LogP contribution in [0.4, 0.5) is 4.39 Å². The molecular formula is C21H20FNO4. The van der Waals surface area contributed by atoms with Gasteiger partial charge in [0.15, 0.2) is 5.78 Å². The minimum Gasteiger partial charge on any atom is -0.460 e. The van der Waals surface area contributed by atoms with Crippen LogP contribution in [0.25, 0.3) is 0 Å². The smallest absolute Gasteiger partial charge is 0.311 e. The standard InChI is InChI=1S/C20H18FNO3.CH2O/c1-20(2,3)19(24)25-12-15-10-13(11-22)4-9-17(15)18(23)14-5-7-16(21)8-6-14;1-2/h4-10H,12H2,1-3H3;1H2. The molecule has 0 fully saturated rings. The van der Waals surface area contributed by atoms with Crippen LogP contribution in [0.15, 0.2) is 42.5 Å². The summed E-state index contributed by atoms with van der Waals surface area (Å²) in [7, 11) is 0. The molecule has 27 heavy (non-hydrogen) atoms. The van der Waals surface area contributed by atoms with Crippen molar-refractivity contribution in [1.29, 1.82) is 5.26 Å². The lowest BCUT2D eigenvalue weighted by atomic mass is 9.96. The van der Waals surface area contributed by atoms with E-state index in [9.17, 15) is 14.0 Å². The largest absolute Gasteiger partial charge is 0.460 e. The van der Waals surface area contributed by atoms with Crippen LogP contribution in [0.2, 0.25) is 0 Å². The number of hydrogen-bond donors (Lipinski definition) is 0. The Morgan fingerprint density at radius 3 is 2.22 bits per heavy atom. The predicted molar refractivity (Wildman–Crippen MR) is 97.4 cm³/mol. The minimum atomic E-state index is -0.673. The van der Waals surface area contributed by atoms with Gasteiger partial charge in [-0.15, -0.1) is 0 Å². The van der Waals surface area contributed by atoms with Crippen molar-refractivity contribution in [2.75, 3.05) is 0 Å². The van der Waals surface area contributed by atoms with Crippen LogP contribution in [-0.2, 0) is 20.9 Å². The van der Waals surface area contributed by atoms with Crippen molar-refractivity contribution in [2.45, 2.75) is 27.4 Å². The van der Waals surface area contributed by atoms with Gasteiger partial charge in [0, 0.05) is 16.7 Å². The number of carbonyl (C=O) groups excluding carboxylic acids is 3. The number of ether oxygens (including phenoxy) is 1. The van der Waals surface area contributed by atoms with Crippen molar-refractivity contribution >= 4 is 18.5 Å². The average molecular weight is 369 g/mol. The molecule has 0 unspecified atom stereocenters. The first-order valence-electron chi connectivity index (χ1n) is 8.02. The Morgan fingerprint density at radius 2 is 1.70 bits per heavy atom. The molecule has 0 radical (unpaired) electrons. The van der Waals surface area contributed by atoms with E-state index in [1.165, 1.54) is 42.5 Å². The number of nitriles is 1. The summed E-state index contributed by atoms with van der Waals surface area (Å²) in [5.74, 6) is -1.17. The van der Waals surface area contributed by atoms with E-state index in [1.54, 1.807) is 20.8 Å². The fraction of sp³-hybridized carbons (Fsp3) is 0.238. The third-order valence-electron chi connectivity index (χ3n) is 3.56. The van der Waals surface area contributed by atoms with Crippen LogP contribution in [0.3, 0.4) is 0 Å². The van der Waals surface area contributed by atoms with E-state index >= 15 is 0 Å². The van der Waals surface area contributed by atoms with E-state index in [1.807, 2.05) is 12.9 Å². The second kappa shape index (κ2) is 9.39. The van der Waals surface area contributed by atoms with Gasteiger partial charge in [0.05, 0.1) is 17.0 Å². The normalized spacial score (nSPS) is 10.2. The van der Waals surface area contributed by atoms with Crippen molar-refractivity contribution in [3.63, 3.8) is 0 Å². The average Bonchev–Trinajstić information content (AvgIpc) is 2.66. The molecule has 2 aromatic carbocycles. The molecule has 6 heteroatoms. The van der Waals surface area contributed by atoms with Crippen LogP contribution in [0, 0.1) is 22.6 Å². The topological polar surface area (TPSA) is 84.2 Å². The molecule has 140 valence electrons. The Balaban J connectivity index is 0.00000176. The lowest BCUT2D eigenvalue weighted by Gasteiger charge is -2.17. The number of esters is 1. The summed E-state index contributed by atoms with van der Waals surface area (Å²) in [6.07, 6.45) is 0. The lowest BCUT2D eigenvalue weighted by Crippen LogP contribution is -2.23. The van der Waals surface area contributed by atoms with Crippen molar-refractivity contribution in [1.82, 2.24) is 0 Å². The third kappa shape index (κ3) is 5.86. The van der Waals surface area contributed by atoms with E-state index in [0.717, 1.165) is 0 Å². The maximum atomic E-state index is 13.0. The number of hydrogen-bond acceptors (Lipinski definition) is 5. The molecule has 0 aliphatic rings. The van der Waals surface area contributed by atoms with Crippen molar-refractivity contribution < 1.29 is 23.5 Å². The molecule has 0 aliphatic heterocycles. The van der Waals surface area contributed by atoms with E-state index in [2.05, 4.69) is 0 Å². The molecule has 2 aromatic rings. The van der Waals surface area contributed by atoms with Gasteiger partial charge in [-0.25, -0.2) is 4.39 Å². The van der Waals surface area contributed by atoms with Crippen molar-refractivity contribution in [2.24, 2.45) is 5.41 Å². The number of rotatable bonds is 4. The van der Waals surface area contributed by atoms with E-state index in [0.29, 0.717) is 22.3 Å². The summed E-state index contributed by atoms with van der Waals surface area (Å²) in [4.78, 5) is 32.6. The SMILES string of the molecule is C=O.CC(C)(C)C(=O)OCc1cc(C#N)ccc1C(=O)c1ccc(F)cc1. The second-order valence-corrected chi connectivity index (χ2v) is 6.65. The van der Waals surface area contributed by atoms with Gasteiger partial charge in [0.1, 0.15) is 19.2 Å². The third-order valence-corrected chi connectivity index (χ3v) is 3.56.